The van der Waals surface area contributed by atoms with E-state index in [1.165, 1.54) is 27.1 Å². The van der Waals surface area contributed by atoms with Crippen molar-refractivity contribution in [2.45, 2.75) is 44.7 Å². The van der Waals surface area contributed by atoms with Gasteiger partial charge in [0.05, 0.1) is 10.4 Å². The topological polar surface area (TPSA) is 72.5 Å². The smallest absolute Gasteiger partial charge is 0.408 e. The van der Waals surface area contributed by atoms with E-state index in [2.05, 4.69) is 0 Å². The van der Waals surface area contributed by atoms with E-state index in [1.807, 2.05) is 27.7 Å². The highest BCUT2D eigenvalue weighted by molar-refractivity contribution is 7.89. The maximum absolute atomic E-state index is 12.8. The van der Waals surface area contributed by atoms with Gasteiger partial charge in [0.1, 0.15) is 0 Å². The van der Waals surface area contributed by atoms with E-state index >= 15 is 0 Å². The van der Waals surface area contributed by atoms with Crippen LogP contribution in [0.1, 0.15) is 27.7 Å². The van der Waals surface area contributed by atoms with E-state index in [1.54, 1.807) is 7.05 Å². The van der Waals surface area contributed by atoms with E-state index in [9.17, 15) is 13.2 Å². The van der Waals surface area contributed by atoms with Gasteiger partial charge in [0.15, 0.2) is 5.58 Å². The molecular formula is C14H20N2O4S. The third-order valence-corrected chi connectivity index (χ3v) is 5.60. The van der Waals surface area contributed by atoms with Crippen molar-refractivity contribution >= 4 is 21.1 Å². The van der Waals surface area contributed by atoms with Crippen LogP contribution in [0.2, 0.25) is 0 Å². The van der Waals surface area contributed by atoms with Crippen molar-refractivity contribution in [3.8, 4) is 0 Å². The normalized spacial score (nSPS) is 13.0. The van der Waals surface area contributed by atoms with E-state index in [4.69, 9.17) is 4.42 Å². The van der Waals surface area contributed by atoms with Crippen molar-refractivity contribution < 1.29 is 12.8 Å². The van der Waals surface area contributed by atoms with Crippen LogP contribution >= 0.6 is 0 Å². The first-order valence-corrected chi connectivity index (χ1v) is 8.23. The summed E-state index contributed by atoms with van der Waals surface area (Å²) in [5.74, 6) is -0.510. The highest BCUT2D eigenvalue weighted by Gasteiger charge is 2.29. The molecule has 0 atom stereocenters. The summed E-state index contributed by atoms with van der Waals surface area (Å²) in [7, 11) is -2.07. The van der Waals surface area contributed by atoms with Crippen LogP contribution in [0.25, 0.3) is 11.1 Å². The molecular weight excluding hydrogens is 292 g/mol. The molecule has 0 radical (unpaired) electrons. The molecule has 21 heavy (non-hydrogen) atoms. The molecule has 2 rings (SSSR count). The molecule has 0 aliphatic heterocycles. The largest absolute Gasteiger partial charge is 0.419 e. The van der Waals surface area contributed by atoms with E-state index in [0.717, 1.165) is 0 Å². The summed E-state index contributed by atoms with van der Waals surface area (Å²) in [5.41, 5.74) is 0.843. The van der Waals surface area contributed by atoms with Gasteiger partial charge >= 0.3 is 5.76 Å². The summed E-state index contributed by atoms with van der Waals surface area (Å²) in [6.07, 6.45) is 0. The maximum atomic E-state index is 12.8. The van der Waals surface area contributed by atoms with E-state index < -0.39 is 15.8 Å². The predicted octanol–water partition coefficient (Wildman–Crippen LogP) is 1.94. The third-order valence-electron chi connectivity index (χ3n) is 3.36. The number of benzene rings is 1. The van der Waals surface area contributed by atoms with Gasteiger partial charge in [0, 0.05) is 19.1 Å². The second-order valence-corrected chi connectivity index (χ2v) is 7.42. The van der Waals surface area contributed by atoms with Crippen LogP contribution in [0.15, 0.2) is 32.3 Å². The molecule has 0 unspecified atom stereocenters. The standard InChI is InChI=1S/C14H20N2O4S/c1-9(2)16(10(3)4)21(18,19)11-6-7-13-12(8-11)15(5)14(17)20-13/h6-10H,1-5H3. The fraction of sp³-hybridized carbons (Fsp3) is 0.500. The lowest BCUT2D eigenvalue weighted by molar-refractivity contribution is 0.302. The van der Waals surface area contributed by atoms with Crippen LogP contribution < -0.4 is 5.76 Å². The molecule has 0 saturated heterocycles. The minimum atomic E-state index is -3.62. The Kier molecular flexibility index (Phi) is 3.99. The van der Waals surface area contributed by atoms with Crippen molar-refractivity contribution in [3.05, 3.63) is 28.7 Å². The van der Waals surface area contributed by atoms with Gasteiger partial charge in [-0.3, -0.25) is 4.57 Å². The molecule has 0 bridgehead atoms. The lowest BCUT2D eigenvalue weighted by Crippen LogP contribution is -2.41. The minimum Gasteiger partial charge on any atom is -0.408 e. The molecule has 116 valence electrons. The zero-order valence-corrected chi connectivity index (χ0v) is 13.6. The van der Waals surface area contributed by atoms with Crippen LogP contribution in [-0.2, 0) is 17.1 Å². The molecule has 6 nitrogen and oxygen atoms in total. The lowest BCUT2D eigenvalue weighted by atomic mass is 10.3. The molecule has 0 aliphatic rings. The first-order valence-electron chi connectivity index (χ1n) is 6.79. The van der Waals surface area contributed by atoms with Gasteiger partial charge in [-0.2, -0.15) is 4.31 Å². The average Bonchev–Trinajstić information content (AvgIpc) is 2.63. The Hall–Kier alpha value is -1.60. The molecule has 0 N–H and O–H groups in total. The molecule has 1 heterocycles. The van der Waals surface area contributed by atoms with Gasteiger partial charge < -0.3 is 4.42 Å². The van der Waals surface area contributed by atoms with Gasteiger partial charge in [0.25, 0.3) is 0 Å². The number of hydrogen-bond donors (Lipinski definition) is 0. The molecule has 0 aliphatic carbocycles. The van der Waals surface area contributed by atoms with E-state index in [0.29, 0.717) is 11.1 Å². The molecule has 1 aromatic heterocycles. The van der Waals surface area contributed by atoms with Gasteiger partial charge in [-0.25, -0.2) is 13.2 Å². The quantitative estimate of drug-likeness (QED) is 0.865. The molecule has 0 amide bonds. The van der Waals surface area contributed by atoms with Crippen molar-refractivity contribution in [2.75, 3.05) is 0 Å². The molecule has 1 aromatic carbocycles. The van der Waals surface area contributed by atoms with E-state index in [-0.39, 0.29) is 17.0 Å². The Morgan fingerprint density at radius 3 is 2.24 bits per heavy atom. The Bertz CT molecular complexity index is 807. The molecule has 7 heteroatoms. The zero-order valence-electron chi connectivity index (χ0n) is 12.8. The van der Waals surface area contributed by atoms with Crippen molar-refractivity contribution in [1.29, 1.82) is 0 Å². The number of nitrogens with zero attached hydrogens (tertiary/aromatic N) is 2. The summed E-state index contributed by atoms with van der Waals surface area (Å²) in [5, 5.41) is 0. The second-order valence-electron chi connectivity index (χ2n) is 5.58. The fourth-order valence-corrected chi connectivity index (χ4v) is 4.39. The van der Waals surface area contributed by atoms with Crippen LogP contribution in [0.4, 0.5) is 0 Å². The average molecular weight is 312 g/mol. The highest BCUT2D eigenvalue weighted by atomic mass is 32.2. The van der Waals surface area contributed by atoms with Crippen LogP contribution in [0.3, 0.4) is 0 Å². The van der Waals surface area contributed by atoms with Gasteiger partial charge in [-0.1, -0.05) is 0 Å². The Labute approximate surface area is 124 Å². The molecule has 2 aromatic rings. The zero-order chi connectivity index (χ0) is 15.9. The van der Waals surface area contributed by atoms with Crippen LogP contribution in [0.5, 0.6) is 0 Å². The van der Waals surface area contributed by atoms with Gasteiger partial charge in [-0.05, 0) is 45.9 Å². The molecule has 0 fully saturated rings. The van der Waals surface area contributed by atoms with Crippen molar-refractivity contribution in [2.24, 2.45) is 7.05 Å². The van der Waals surface area contributed by atoms with Crippen LogP contribution in [0, 0.1) is 0 Å². The summed E-state index contributed by atoms with van der Waals surface area (Å²) in [6, 6.07) is 4.16. The first-order chi connectivity index (χ1) is 9.66. The maximum Gasteiger partial charge on any atom is 0.419 e. The SMILES string of the molecule is CC(C)N(C(C)C)S(=O)(=O)c1ccc2oc(=O)n(C)c2c1. The Morgan fingerprint density at radius 2 is 1.71 bits per heavy atom. The van der Waals surface area contributed by atoms with Crippen molar-refractivity contribution in [3.63, 3.8) is 0 Å². The van der Waals surface area contributed by atoms with Gasteiger partial charge in [0.2, 0.25) is 10.0 Å². The fourth-order valence-electron chi connectivity index (χ4n) is 2.54. The second kappa shape index (κ2) is 5.31. The minimum absolute atomic E-state index is 0.154. The number of aromatic nitrogens is 1. The number of rotatable bonds is 4. The summed E-state index contributed by atoms with van der Waals surface area (Å²) >= 11 is 0. The Balaban J connectivity index is 2.64. The summed E-state index contributed by atoms with van der Waals surface area (Å²) in [4.78, 5) is 11.6. The number of aryl methyl sites for hydroxylation is 1. The lowest BCUT2D eigenvalue weighted by Gasteiger charge is -2.29. The van der Waals surface area contributed by atoms with Gasteiger partial charge in [-0.15, -0.1) is 0 Å². The number of fused-ring (bicyclic) bond motifs is 1. The first kappa shape index (κ1) is 15.8. The highest BCUT2D eigenvalue weighted by Crippen LogP contribution is 2.24. The molecule has 0 saturated carbocycles. The number of oxazole rings is 1. The monoisotopic (exact) mass is 312 g/mol. The summed E-state index contributed by atoms with van der Waals surface area (Å²) < 4.78 is 33.3. The van der Waals surface area contributed by atoms with Crippen LogP contribution in [-0.4, -0.2) is 29.4 Å². The number of sulfonamides is 1. The summed E-state index contributed by atoms with van der Waals surface area (Å²) in [6.45, 7) is 7.35. The third kappa shape index (κ3) is 2.63. The predicted molar refractivity (Wildman–Crippen MR) is 80.8 cm³/mol. The van der Waals surface area contributed by atoms with Crippen molar-refractivity contribution in [1.82, 2.24) is 8.87 Å². The number of hydrogen-bond acceptors (Lipinski definition) is 4. The molecule has 0 spiro atoms. The Morgan fingerprint density at radius 1 is 1.14 bits per heavy atom.